The maximum Gasteiger partial charge on any atom is 0.354 e. The number of carboxylic acids is 1. The Hall–Kier alpha value is -2.63. The highest BCUT2D eigenvalue weighted by Crippen LogP contribution is 2.25. The summed E-state index contributed by atoms with van der Waals surface area (Å²) in [6.07, 6.45) is 0. The minimum atomic E-state index is -1.05. The fourth-order valence-electron chi connectivity index (χ4n) is 2.06. The molecule has 5 nitrogen and oxygen atoms in total. The minimum absolute atomic E-state index is 0.0779. The number of para-hydroxylation sites is 1. The number of benzene rings is 1. The lowest BCUT2D eigenvalue weighted by atomic mass is 10.2. The van der Waals surface area contributed by atoms with Crippen molar-refractivity contribution in [3.63, 3.8) is 0 Å². The number of fused-ring (bicyclic) bond motifs is 1. The molecule has 1 aromatic carbocycles. The van der Waals surface area contributed by atoms with Gasteiger partial charge in [0.15, 0.2) is 0 Å². The first-order valence-corrected chi connectivity index (χ1v) is 5.61. The van der Waals surface area contributed by atoms with E-state index in [4.69, 9.17) is 5.11 Å². The summed E-state index contributed by atoms with van der Waals surface area (Å²) in [7, 11) is 1.55. The quantitative estimate of drug-likeness (QED) is 0.742. The zero-order chi connectivity index (χ0) is 13.6. The van der Waals surface area contributed by atoms with Crippen molar-refractivity contribution >= 4 is 16.9 Å². The number of aromatic nitrogens is 3. The average Bonchev–Trinajstić information content (AvgIpc) is 2.93. The monoisotopic (exact) mass is 259 g/mol. The molecule has 6 heteroatoms. The number of aromatic carboxylic acids is 1. The fraction of sp³-hybridized carbons (Fsp3) is 0.0769. The van der Waals surface area contributed by atoms with Gasteiger partial charge in [-0.25, -0.2) is 9.18 Å². The van der Waals surface area contributed by atoms with Gasteiger partial charge in [-0.3, -0.25) is 4.68 Å². The highest BCUT2D eigenvalue weighted by Gasteiger charge is 2.15. The number of carboxylic acid groups (broad SMARTS) is 1. The zero-order valence-corrected chi connectivity index (χ0v) is 10.0. The summed E-state index contributed by atoms with van der Waals surface area (Å²) >= 11 is 0. The Morgan fingerprint density at radius 1 is 1.42 bits per heavy atom. The van der Waals surface area contributed by atoms with Crippen molar-refractivity contribution in [2.45, 2.75) is 0 Å². The van der Waals surface area contributed by atoms with Crippen LogP contribution in [-0.2, 0) is 7.05 Å². The molecule has 0 saturated carbocycles. The molecule has 0 radical (unpaired) electrons. The van der Waals surface area contributed by atoms with E-state index >= 15 is 0 Å². The van der Waals surface area contributed by atoms with E-state index in [9.17, 15) is 9.18 Å². The summed E-state index contributed by atoms with van der Waals surface area (Å²) in [5.74, 6) is -1.40. The van der Waals surface area contributed by atoms with Crippen LogP contribution in [0.5, 0.6) is 0 Å². The lowest BCUT2D eigenvalue weighted by Crippen LogP contribution is -2.04. The Bertz CT molecular complexity index is 788. The Kier molecular flexibility index (Phi) is 2.38. The molecule has 0 aliphatic carbocycles. The first kappa shape index (κ1) is 11.5. The van der Waals surface area contributed by atoms with Gasteiger partial charge in [0.25, 0.3) is 0 Å². The molecule has 3 aromatic rings. The largest absolute Gasteiger partial charge is 0.477 e. The van der Waals surface area contributed by atoms with E-state index in [0.717, 1.165) is 5.39 Å². The summed E-state index contributed by atoms with van der Waals surface area (Å²) in [5, 5.41) is 13.8. The molecule has 3 rings (SSSR count). The highest BCUT2D eigenvalue weighted by molar-refractivity contribution is 5.89. The third kappa shape index (κ3) is 1.77. The van der Waals surface area contributed by atoms with E-state index in [0.29, 0.717) is 16.9 Å². The molecule has 0 amide bonds. The molecule has 0 aliphatic rings. The number of aromatic amines is 1. The number of H-pyrrole nitrogens is 1. The molecule has 0 saturated heterocycles. The molecule has 0 spiro atoms. The van der Waals surface area contributed by atoms with Crippen LogP contribution in [0.4, 0.5) is 4.39 Å². The second-order valence-electron chi connectivity index (χ2n) is 4.23. The van der Waals surface area contributed by atoms with Crippen molar-refractivity contribution in [2.75, 3.05) is 0 Å². The zero-order valence-electron chi connectivity index (χ0n) is 10.0. The van der Waals surface area contributed by atoms with Crippen LogP contribution >= 0.6 is 0 Å². The number of nitrogens with zero attached hydrogens (tertiary/aromatic N) is 2. The SMILES string of the molecule is Cn1nc(-c2cc3cccc(F)c3[nH]2)cc1C(=O)O. The molecular weight excluding hydrogens is 249 g/mol. The first-order chi connectivity index (χ1) is 9.06. The van der Waals surface area contributed by atoms with Crippen molar-refractivity contribution in [1.82, 2.24) is 14.8 Å². The van der Waals surface area contributed by atoms with E-state index < -0.39 is 5.97 Å². The molecule has 0 bridgehead atoms. The predicted octanol–water partition coefficient (Wildman–Crippen LogP) is 2.41. The van der Waals surface area contributed by atoms with Crippen LogP contribution in [0, 0.1) is 5.82 Å². The summed E-state index contributed by atoms with van der Waals surface area (Å²) in [6.45, 7) is 0. The molecule has 2 heterocycles. The van der Waals surface area contributed by atoms with Crippen LogP contribution in [0.25, 0.3) is 22.3 Å². The molecule has 19 heavy (non-hydrogen) atoms. The second-order valence-corrected chi connectivity index (χ2v) is 4.23. The predicted molar refractivity (Wildman–Crippen MR) is 67.4 cm³/mol. The van der Waals surface area contributed by atoms with Gasteiger partial charge in [0.05, 0.1) is 11.2 Å². The van der Waals surface area contributed by atoms with Gasteiger partial charge >= 0.3 is 5.97 Å². The molecule has 0 fully saturated rings. The number of halogens is 1. The molecular formula is C13H10FN3O2. The van der Waals surface area contributed by atoms with Crippen molar-refractivity contribution in [2.24, 2.45) is 7.05 Å². The van der Waals surface area contributed by atoms with Crippen LogP contribution in [0.1, 0.15) is 10.5 Å². The third-order valence-electron chi connectivity index (χ3n) is 2.98. The molecule has 0 unspecified atom stereocenters. The van der Waals surface area contributed by atoms with Gasteiger partial charge in [-0.1, -0.05) is 12.1 Å². The van der Waals surface area contributed by atoms with Crippen LogP contribution < -0.4 is 0 Å². The van der Waals surface area contributed by atoms with Crippen molar-refractivity contribution in [3.05, 3.63) is 41.8 Å². The third-order valence-corrected chi connectivity index (χ3v) is 2.98. The van der Waals surface area contributed by atoms with Gasteiger partial charge in [0.1, 0.15) is 17.2 Å². The number of rotatable bonds is 2. The maximum absolute atomic E-state index is 13.6. The van der Waals surface area contributed by atoms with E-state index in [1.54, 1.807) is 25.2 Å². The van der Waals surface area contributed by atoms with E-state index in [2.05, 4.69) is 10.1 Å². The Morgan fingerprint density at radius 3 is 2.84 bits per heavy atom. The van der Waals surface area contributed by atoms with Crippen molar-refractivity contribution in [1.29, 1.82) is 0 Å². The number of aryl methyl sites for hydroxylation is 1. The summed E-state index contributed by atoms with van der Waals surface area (Å²) in [5.41, 5.74) is 1.52. The van der Waals surface area contributed by atoms with Gasteiger partial charge in [-0.15, -0.1) is 0 Å². The maximum atomic E-state index is 13.6. The lowest BCUT2D eigenvalue weighted by Gasteiger charge is -1.91. The molecule has 0 atom stereocenters. The second kappa shape index (κ2) is 3.94. The van der Waals surface area contributed by atoms with E-state index in [1.807, 2.05) is 0 Å². The number of hydrogen-bond donors (Lipinski definition) is 2. The lowest BCUT2D eigenvalue weighted by molar-refractivity contribution is 0.0685. The van der Waals surface area contributed by atoms with Gasteiger partial charge < -0.3 is 10.1 Å². The molecule has 2 N–H and O–H groups in total. The number of nitrogens with one attached hydrogen (secondary N) is 1. The Morgan fingerprint density at radius 2 is 2.21 bits per heavy atom. The van der Waals surface area contributed by atoms with E-state index in [1.165, 1.54) is 16.8 Å². The topological polar surface area (TPSA) is 70.9 Å². The van der Waals surface area contributed by atoms with Crippen LogP contribution in [0.2, 0.25) is 0 Å². The van der Waals surface area contributed by atoms with Gasteiger partial charge in [0.2, 0.25) is 0 Å². The van der Waals surface area contributed by atoms with Gasteiger partial charge in [-0.05, 0) is 12.1 Å². The molecule has 2 aromatic heterocycles. The Balaban J connectivity index is 2.17. The highest BCUT2D eigenvalue weighted by atomic mass is 19.1. The van der Waals surface area contributed by atoms with Crippen molar-refractivity contribution < 1.29 is 14.3 Å². The molecule has 0 aliphatic heterocycles. The fourth-order valence-corrected chi connectivity index (χ4v) is 2.06. The summed E-state index contributed by atoms with van der Waals surface area (Å²) in [4.78, 5) is 13.9. The van der Waals surface area contributed by atoms with Crippen LogP contribution in [-0.4, -0.2) is 25.8 Å². The Labute approximate surface area is 107 Å². The van der Waals surface area contributed by atoms with Gasteiger partial charge in [-0.2, -0.15) is 5.10 Å². The summed E-state index contributed by atoms with van der Waals surface area (Å²) < 4.78 is 14.9. The van der Waals surface area contributed by atoms with Crippen LogP contribution in [0.15, 0.2) is 30.3 Å². The summed E-state index contributed by atoms with van der Waals surface area (Å²) in [6, 6.07) is 7.96. The standard InChI is InChI=1S/C13H10FN3O2/c1-17-11(13(18)19)6-10(16-17)9-5-7-3-2-4-8(14)12(7)15-9/h2-6,15H,1H3,(H,18,19). The minimum Gasteiger partial charge on any atom is -0.477 e. The molecule has 96 valence electrons. The average molecular weight is 259 g/mol. The first-order valence-electron chi connectivity index (χ1n) is 5.61. The van der Waals surface area contributed by atoms with Crippen LogP contribution in [0.3, 0.4) is 0 Å². The normalized spacial score (nSPS) is 11.1. The van der Waals surface area contributed by atoms with Crippen molar-refractivity contribution in [3.8, 4) is 11.4 Å². The van der Waals surface area contributed by atoms with E-state index in [-0.39, 0.29) is 11.5 Å². The smallest absolute Gasteiger partial charge is 0.354 e. The van der Waals surface area contributed by atoms with Gasteiger partial charge in [0, 0.05) is 18.5 Å². The number of hydrogen-bond acceptors (Lipinski definition) is 2. The number of carbonyl (C=O) groups is 1.